The van der Waals surface area contributed by atoms with E-state index in [0.717, 1.165) is 38.9 Å². The Morgan fingerprint density at radius 3 is 2.65 bits per heavy atom. The van der Waals surface area contributed by atoms with Gasteiger partial charge < -0.3 is 10.2 Å². The molecule has 2 heterocycles. The van der Waals surface area contributed by atoms with Crippen molar-refractivity contribution in [2.24, 2.45) is 5.41 Å². The van der Waals surface area contributed by atoms with Gasteiger partial charge in [-0.2, -0.15) is 0 Å². The van der Waals surface area contributed by atoms with E-state index in [1.54, 1.807) is 24.0 Å². The number of likely N-dealkylation sites (tertiary alicyclic amines) is 1. The Balaban J connectivity index is 0.00000192. The van der Waals surface area contributed by atoms with Gasteiger partial charge in [-0.1, -0.05) is 12.1 Å². The number of piperidine rings is 1. The Bertz CT molecular complexity index is 615. The fraction of sp³-hybridized carbons (Fsp3) is 0.562. The fourth-order valence-electron chi connectivity index (χ4n) is 3.71. The summed E-state index contributed by atoms with van der Waals surface area (Å²) in [6, 6.07) is 4.80. The molecule has 0 saturated carbocycles. The lowest BCUT2D eigenvalue weighted by atomic mass is 9.78. The molecule has 1 aromatic rings. The van der Waals surface area contributed by atoms with Gasteiger partial charge in [0.15, 0.2) is 0 Å². The van der Waals surface area contributed by atoms with Crippen molar-refractivity contribution >= 4 is 24.0 Å². The highest BCUT2D eigenvalue weighted by Gasteiger charge is 2.41. The van der Waals surface area contributed by atoms with Crippen LogP contribution < -0.4 is 5.32 Å². The van der Waals surface area contributed by atoms with Gasteiger partial charge in [0.2, 0.25) is 0 Å². The molecule has 0 bridgehead atoms. The zero-order chi connectivity index (χ0) is 15.7. The van der Waals surface area contributed by atoms with Crippen LogP contribution in [0.2, 0.25) is 0 Å². The fourth-order valence-corrected chi connectivity index (χ4v) is 3.71. The molecule has 0 atom stereocenters. The summed E-state index contributed by atoms with van der Waals surface area (Å²) in [7, 11) is 0. The minimum atomic E-state index is -0.462. The standard InChI is InChI=1S/C16H21N3O3.ClH/c1-12-3-2-4-13(19(21)22)14(12)15(20)18-10-7-16(11-18)5-8-17-9-6-16;/h2-4,17H,5-11H2,1H3;1H. The number of halogens is 1. The van der Waals surface area contributed by atoms with Gasteiger partial charge in [-0.3, -0.25) is 14.9 Å². The summed E-state index contributed by atoms with van der Waals surface area (Å²) >= 11 is 0. The smallest absolute Gasteiger partial charge is 0.282 e. The van der Waals surface area contributed by atoms with Crippen molar-refractivity contribution in [3.05, 3.63) is 39.4 Å². The molecule has 1 spiro atoms. The molecule has 1 N–H and O–H groups in total. The second-order valence-electron chi connectivity index (χ2n) is 6.45. The molecule has 126 valence electrons. The molecule has 2 fully saturated rings. The van der Waals surface area contributed by atoms with Crippen molar-refractivity contribution < 1.29 is 9.72 Å². The van der Waals surface area contributed by atoms with Crippen LogP contribution in [0.15, 0.2) is 18.2 Å². The van der Waals surface area contributed by atoms with Crippen molar-refractivity contribution in [3.8, 4) is 0 Å². The molecule has 1 aromatic carbocycles. The first kappa shape index (κ1) is 17.7. The van der Waals surface area contributed by atoms with E-state index in [1.807, 2.05) is 0 Å². The second-order valence-corrected chi connectivity index (χ2v) is 6.45. The summed E-state index contributed by atoms with van der Waals surface area (Å²) in [6.45, 7) is 5.17. The number of nitro groups is 1. The van der Waals surface area contributed by atoms with E-state index in [1.165, 1.54) is 6.07 Å². The van der Waals surface area contributed by atoms with E-state index < -0.39 is 4.92 Å². The van der Waals surface area contributed by atoms with Crippen LogP contribution in [0, 0.1) is 22.5 Å². The average Bonchev–Trinajstić information content (AvgIpc) is 2.90. The minimum Gasteiger partial charge on any atom is -0.338 e. The van der Waals surface area contributed by atoms with Gasteiger partial charge in [0, 0.05) is 19.2 Å². The van der Waals surface area contributed by atoms with Gasteiger partial charge >= 0.3 is 0 Å². The van der Waals surface area contributed by atoms with Gasteiger partial charge in [0.1, 0.15) is 5.56 Å². The Kier molecular flexibility index (Phi) is 5.26. The Labute approximate surface area is 141 Å². The molecule has 0 radical (unpaired) electrons. The summed E-state index contributed by atoms with van der Waals surface area (Å²) in [4.78, 5) is 25.4. The first-order chi connectivity index (χ1) is 10.5. The van der Waals surface area contributed by atoms with E-state index >= 15 is 0 Å². The molecular weight excluding hydrogens is 318 g/mol. The predicted octanol–water partition coefficient (Wildman–Crippen LogP) is 2.54. The van der Waals surface area contributed by atoms with Gasteiger partial charge in [-0.15, -0.1) is 12.4 Å². The first-order valence-electron chi connectivity index (χ1n) is 7.76. The van der Waals surface area contributed by atoms with Gasteiger partial charge in [-0.05, 0) is 50.3 Å². The Hall–Kier alpha value is -1.66. The molecule has 0 aliphatic carbocycles. The van der Waals surface area contributed by atoms with Crippen molar-refractivity contribution in [3.63, 3.8) is 0 Å². The van der Waals surface area contributed by atoms with Crippen LogP contribution in [0.25, 0.3) is 0 Å². The molecule has 7 heteroatoms. The molecule has 0 aromatic heterocycles. The lowest BCUT2D eigenvalue weighted by molar-refractivity contribution is -0.385. The quantitative estimate of drug-likeness (QED) is 0.663. The number of nitrogens with one attached hydrogen (secondary N) is 1. The maximum Gasteiger partial charge on any atom is 0.282 e. The summed E-state index contributed by atoms with van der Waals surface area (Å²) in [6.07, 6.45) is 3.15. The van der Waals surface area contributed by atoms with E-state index in [0.29, 0.717) is 12.1 Å². The normalized spacial score (nSPS) is 19.4. The van der Waals surface area contributed by atoms with Crippen molar-refractivity contribution in [2.75, 3.05) is 26.2 Å². The van der Waals surface area contributed by atoms with Crippen LogP contribution in [0.1, 0.15) is 35.2 Å². The highest BCUT2D eigenvalue weighted by Crippen LogP contribution is 2.39. The molecule has 6 nitrogen and oxygen atoms in total. The topological polar surface area (TPSA) is 75.5 Å². The molecule has 3 rings (SSSR count). The van der Waals surface area contributed by atoms with E-state index in [-0.39, 0.29) is 35.0 Å². The third-order valence-corrected chi connectivity index (χ3v) is 5.05. The number of nitrogens with zero attached hydrogens (tertiary/aromatic N) is 2. The lowest BCUT2D eigenvalue weighted by Gasteiger charge is -2.33. The summed E-state index contributed by atoms with van der Waals surface area (Å²) < 4.78 is 0. The summed E-state index contributed by atoms with van der Waals surface area (Å²) in [5.41, 5.74) is 1.04. The highest BCUT2D eigenvalue weighted by atomic mass is 35.5. The number of rotatable bonds is 2. The van der Waals surface area contributed by atoms with Crippen LogP contribution in [0.3, 0.4) is 0 Å². The van der Waals surface area contributed by atoms with Crippen LogP contribution in [0.4, 0.5) is 5.69 Å². The largest absolute Gasteiger partial charge is 0.338 e. The SMILES string of the molecule is Cc1cccc([N+](=O)[O-])c1C(=O)N1CCC2(CCNCC2)C1.Cl. The van der Waals surface area contributed by atoms with Crippen LogP contribution in [0.5, 0.6) is 0 Å². The maximum atomic E-state index is 12.8. The highest BCUT2D eigenvalue weighted by molar-refractivity contribution is 5.99. The predicted molar refractivity (Wildman–Crippen MR) is 90.1 cm³/mol. The third-order valence-electron chi connectivity index (χ3n) is 5.05. The van der Waals surface area contributed by atoms with Crippen molar-refractivity contribution in [2.45, 2.75) is 26.2 Å². The van der Waals surface area contributed by atoms with Crippen molar-refractivity contribution in [1.82, 2.24) is 10.2 Å². The van der Waals surface area contributed by atoms with E-state index in [9.17, 15) is 14.9 Å². The third kappa shape index (κ3) is 3.33. The minimum absolute atomic E-state index is 0. The number of hydrogen-bond acceptors (Lipinski definition) is 4. The van der Waals surface area contributed by atoms with Crippen LogP contribution in [-0.4, -0.2) is 41.9 Å². The summed E-state index contributed by atoms with van der Waals surface area (Å²) in [5, 5.41) is 14.6. The molecule has 23 heavy (non-hydrogen) atoms. The molecule has 2 aliphatic rings. The number of carbonyl (C=O) groups excluding carboxylic acids is 1. The monoisotopic (exact) mass is 339 g/mol. The van der Waals surface area contributed by atoms with Gasteiger partial charge in [0.05, 0.1) is 4.92 Å². The number of hydrogen-bond donors (Lipinski definition) is 1. The Morgan fingerprint density at radius 1 is 1.30 bits per heavy atom. The zero-order valence-electron chi connectivity index (χ0n) is 13.2. The molecule has 1 amide bonds. The molecular formula is C16H22ClN3O3. The molecule has 0 unspecified atom stereocenters. The number of carbonyl (C=O) groups is 1. The van der Waals surface area contributed by atoms with Crippen LogP contribution >= 0.6 is 12.4 Å². The lowest BCUT2D eigenvalue weighted by Crippen LogP contribution is -2.40. The Morgan fingerprint density at radius 2 is 2.00 bits per heavy atom. The van der Waals surface area contributed by atoms with E-state index in [4.69, 9.17) is 0 Å². The second kappa shape index (κ2) is 6.84. The maximum absolute atomic E-state index is 12.8. The van der Waals surface area contributed by atoms with Crippen molar-refractivity contribution in [1.29, 1.82) is 0 Å². The molecule has 2 aliphatic heterocycles. The number of amides is 1. The number of benzene rings is 1. The first-order valence-corrected chi connectivity index (χ1v) is 7.76. The number of nitro benzene ring substituents is 1. The summed E-state index contributed by atoms with van der Waals surface area (Å²) in [5.74, 6) is -0.194. The average molecular weight is 340 g/mol. The van der Waals surface area contributed by atoms with E-state index in [2.05, 4.69) is 5.32 Å². The zero-order valence-corrected chi connectivity index (χ0v) is 14.0. The number of aryl methyl sites for hydroxylation is 1. The molecule has 2 saturated heterocycles. The van der Waals surface area contributed by atoms with Crippen LogP contribution in [-0.2, 0) is 0 Å². The van der Waals surface area contributed by atoms with Gasteiger partial charge in [-0.25, -0.2) is 0 Å². The van der Waals surface area contributed by atoms with Gasteiger partial charge in [0.25, 0.3) is 11.6 Å².